The van der Waals surface area contributed by atoms with Gasteiger partial charge in [0.25, 0.3) is 0 Å². The lowest BCUT2D eigenvalue weighted by Gasteiger charge is -2.21. The highest BCUT2D eigenvalue weighted by atomic mass is 35.5. The van der Waals surface area contributed by atoms with E-state index in [2.05, 4.69) is 0 Å². The molecule has 0 aromatic heterocycles. The Bertz CT molecular complexity index is 412. The van der Waals surface area contributed by atoms with Gasteiger partial charge in [-0.25, -0.2) is 0 Å². The Balaban J connectivity index is 2.76. The molecule has 0 spiro atoms. The molecule has 1 rings (SSSR count). The van der Waals surface area contributed by atoms with E-state index in [9.17, 15) is 4.79 Å². The van der Waals surface area contributed by atoms with Crippen LogP contribution in [0, 0.1) is 0 Å². The number of ether oxygens (including phenoxy) is 1. The summed E-state index contributed by atoms with van der Waals surface area (Å²) in [6.45, 7) is 0.500. The second kappa shape index (κ2) is 7.59. The standard InChI is InChI=1S/C12H15Cl2NO3/c1-18-8-12(17)15(4-5-16)7-9-2-3-10(13)11(14)6-9/h2-3,6,16H,4-5,7-8H2,1H3. The minimum absolute atomic E-state index is 0.0126. The maximum Gasteiger partial charge on any atom is 0.248 e. The average molecular weight is 292 g/mol. The summed E-state index contributed by atoms with van der Waals surface area (Å²) in [5, 5.41) is 9.86. The van der Waals surface area contributed by atoms with Gasteiger partial charge in [0.1, 0.15) is 6.61 Å². The summed E-state index contributed by atoms with van der Waals surface area (Å²) in [4.78, 5) is 13.2. The van der Waals surface area contributed by atoms with E-state index in [1.165, 1.54) is 12.0 Å². The van der Waals surface area contributed by atoms with Crippen LogP contribution in [0.3, 0.4) is 0 Å². The zero-order chi connectivity index (χ0) is 13.5. The van der Waals surface area contributed by atoms with Gasteiger partial charge in [-0.05, 0) is 17.7 Å². The number of hydrogen-bond donors (Lipinski definition) is 1. The van der Waals surface area contributed by atoms with E-state index in [1.807, 2.05) is 0 Å². The van der Waals surface area contributed by atoms with Gasteiger partial charge in [0, 0.05) is 20.2 Å². The van der Waals surface area contributed by atoms with Gasteiger partial charge in [-0.3, -0.25) is 4.79 Å². The first kappa shape index (κ1) is 15.2. The van der Waals surface area contributed by atoms with Crippen molar-refractivity contribution in [3.05, 3.63) is 33.8 Å². The third-order valence-corrected chi connectivity index (χ3v) is 3.09. The molecule has 0 aliphatic carbocycles. The molecule has 0 heterocycles. The second-order valence-corrected chi connectivity index (χ2v) is 4.53. The van der Waals surface area contributed by atoms with Crippen LogP contribution in [0.5, 0.6) is 0 Å². The number of benzene rings is 1. The van der Waals surface area contributed by atoms with Crippen molar-refractivity contribution in [1.82, 2.24) is 4.90 Å². The highest BCUT2D eigenvalue weighted by Gasteiger charge is 2.13. The monoisotopic (exact) mass is 291 g/mol. The van der Waals surface area contributed by atoms with E-state index >= 15 is 0 Å². The molecule has 18 heavy (non-hydrogen) atoms. The van der Waals surface area contributed by atoms with Gasteiger partial charge < -0.3 is 14.7 Å². The summed E-state index contributed by atoms with van der Waals surface area (Å²) in [7, 11) is 1.45. The van der Waals surface area contributed by atoms with Gasteiger partial charge >= 0.3 is 0 Å². The first-order valence-corrected chi connectivity index (χ1v) is 6.15. The van der Waals surface area contributed by atoms with Crippen LogP contribution >= 0.6 is 23.2 Å². The lowest BCUT2D eigenvalue weighted by molar-refractivity contribution is -0.136. The van der Waals surface area contributed by atoms with Crippen LogP contribution in [-0.4, -0.2) is 42.8 Å². The number of rotatable bonds is 6. The Kier molecular flexibility index (Phi) is 6.43. The van der Waals surface area contributed by atoms with Gasteiger partial charge in [0.2, 0.25) is 5.91 Å². The van der Waals surface area contributed by atoms with Crippen molar-refractivity contribution in [3.8, 4) is 0 Å². The molecule has 0 aliphatic rings. The molecule has 0 radical (unpaired) electrons. The molecule has 0 fully saturated rings. The highest BCUT2D eigenvalue weighted by molar-refractivity contribution is 6.42. The minimum atomic E-state index is -0.183. The molecular weight excluding hydrogens is 277 g/mol. The molecule has 1 amide bonds. The summed E-state index contributed by atoms with van der Waals surface area (Å²) >= 11 is 11.7. The van der Waals surface area contributed by atoms with E-state index in [4.69, 9.17) is 33.0 Å². The molecule has 4 nitrogen and oxygen atoms in total. The number of aliphatic hydroxyl groups excluding tert-OH is 1. The predicted octanol–water partition coefficient (Wildman–Crippen LogP) is 1.96. The lowest BCUT2D eigenvalue weighted by Crippen LogP contribution is -2.35. The Morgan fingerprint density at radius 3 is 2.67 bits per heavy atom. The summed E-state index contributed by atoms with van der Waals surface area (Å²) in [6, 6.07) is 5.17. The normalized spacial score (nSPS) is 10.4. The maximum absolute atomic E-state index is 11.7. The van der Waals surface area contributed by atoms with E-state index in [1.54, 1.807) is 18.2 Å². The first-order valence-electron chi connectivity index (χ1n) is 5.40. The Labute approximate surface area is 116 Å². The summed E-state index contributed by atoms with van der Waals surface area (Å²) in [5.41, 5.74) is 0.849. The average Bonchev–Trinajstić information content (AvgIpc) is 2.33. The lowest BCUT2D eigenvalue weighted by atomic mass is 10.2. The molecule has 1 aromatic carbocycles. The molecule has 0 aliphatic heterocycles. The molecule has 1 N–H and O–H groups in total. The van der Waals surface area contributed by atoms with Crippen LogP contribution in [0.1, 0.15) is 5.56 Å². The molecule has 0 atom stereocenters. The van der Waals surface area contributed by atoms with Crippen LogP contribution in [-0.2, 0) is 16.1 Å². The van der Waals surface area contributed by atoms with Crippen molar-refractivity contribution in [3.63, 3.8) is 0 Å². The SMILES string of the molecule is COCC(=O)N(CCO)Cc1ccc(Cl)c(Cl)c1. The van der Waals surface area contributed by atoms with Gasteiger partial charge in [0.15, 0.2) is 0 Å². The number of nitrogens with zero attached hydrogens (tertiary/aromatic N) is 1. The molecule has 0 unspecified atom stereocenters. The summed E-state index contributed by atoms with van der Waals surface area (Å²) < 4.78 is 4.79. The number of halogens is 2. The summed E-state index contributed by atoms with van der Waals surface area (Å²) in [6.07, 6.45) is 0. The van der Waals surface area contributed by atoms with Crippen LogP contribution in [0.4, 0.5) is 0 Å². The van der Waals surface area contributed by atoms with Gasteiger partial charge in [-0.1, -0.05) is 29.3 Å². The number of carbonyl (C=O) groups excluding carboxylic acids is 1. The zero-order valence-electron chi connectivity index (χ0n) is 10.0. The first-order chi connectivity index (χ1) is 8.58. The zero-order valence-corrected chi connectivity index (χ0v) is 11.5. The van der Waals surface area contributed by atoms with E-state index < -0.39 is 0 Å². The van der Waals surface area contributed by atoms with Crippen molar-refractivity contribution >= 4 is 29.1 Å². The highest BCUT2D eigenvalue weighted by Crippen LogP contribution is 2.23. The van der Waals surface area contributed by atoms with Crippen molar-refractivity contribution in [2.75, 3.05) is 26.9 Å². The maximum atomic E-state index is 11.7. The van der Waals surface area contributed by atoms with Gasteiger partial charge in [-0.2, -0.15) is 0 Å². The molecular formula is C12H15Cl2NO3. The number of amides is 1. The smallest absolute Gasteiger partial charge is 0.248 e. The van der Waals surface area contributed by atoms with Gasteiger partial charge in [0.05, 0.1) is 16.7 Å². The Morgan fingerprint density at radius 2 is 2.11 bits per heavy atom. The Morgan fingerprint density at radius 1 is 1.39 bits per heavy atom. The predicted molar refractivity (Wildman–Crippen MR) is 70.8 cm³/mol. The van der Waals surface area contributed by atoms with Crippen LogP contribution < -0.4 is 0 Å². The minimum Gasteiger partial charge on any atom is -0.395 e. The van der Waals surface area contributed by atoms with Crippen LogP contribution in [0.2, 0.25) is 10.0 Å². The number of methoxy groups -OCH3 is 1. The molecule has 1 aromatic rings. The van der Waals surface area contributed by atoms with Crippen molar-refractivity contribution < 1.29 is 14.6 Å². The molecule has 100 valence electrons. The fourth-order valence-corrected chi connectivity index (χ4v) is 1.81. The largest absolute Gasteiger partial charge is 0.395 e. The fourth-order valence-electron chi connectivity index (χ4n) is 1.49. The third-order valence-electron chi connectivity index (χ3n) is 2.35. The number of aliphatic hydroxyl groups is 1. The van der Waals surface area contributed by atoms with E-state index in [0.29, 0.717) is 16.6 Å². The van der Waals surface area contributed by atoms with Crippen LogP contribution in [0.15, 0.2) is 18.2 Å². The van der Waals surface area contributed by atoms with Crippen molar-refractivity contribution in [1.29, 1.82) is 0 Å². The summed E-state index contributed by atoms with van der Waals surface area (Å²) in [5.74, 6) is -0.183. The molecule has 0 saturated carbocycles. The fraction of sp³-hybridized carbons (Fsp3) is 0.417. The molecule has 6 heteroatoms. The van der Waals surface area contributed by atoms with E-state index in [0.717, 1.165) is 5.56 Å². The van der Waals surface area contributed by atoms with Crippen molar-refractivity contribution in [2.24, 2.45) is 0 Å². The second-order valence-electron chi connectivity index (χ2n) is 3.72. The quantitative estimate of drug-likeness (QED) is 0.872. The van der Waals surface area contributed by atoms with Crippen LogP contribution in [0.25, 0.3) is 0 Å². The number of carbonyl (C=O) groups is 1. The van der Waals surface area contributed by atoms with E-state index in [-0.39, 0.29) is 25.7 Å². The molecule has 0 bridgehead atoms. The van der Waals surface area contributed by atoms with Gasteiger partial charge in [-0.15, -0.1) is 0 Å². The van der Waals surface area contributed by atoms with Crippen molar-refractivity contribution in [2.45, 2.75) is 6.54 Å². The topological polar surface area (TPSA) is 49.8 Å². The third kappa shape index (κ3) is 4.46. The Hall–Kier alpha value is -0.810. The molecule has 0 saturated heterocycles. The number of hydrogen-bond acceptors (Lipinski definition) is 3.